The van der Waals surface area contributed by atoms with E-state index in [0.717, 1.165) is 77.0 Å². The molecule has 2 aromatic carbocycles. The van der Waals surface area contributed by atoms with Crippen LogP contribution in [0.3, 0.4) is 0 Å². The molecule has 0 aromatic heterocycles. The van der Waals surface area contributed by atoms with Gasteiger partial charge in [-0.3, -0.25) is 9.59 Å². The molecule has 0 atom stereocenters. The molecule has 0 unspecified atom stereocenters. The summed E-state index contributed by atoms with van der Waals surface area (Å²) in [6, 6.07) is 13.7. The Morgan fingerprint density at radius 1 is 0.438 bits per heavy atom. The van der Waals surface area contributed by atoms with Crippen LogP contribution in [0.15, 0.2) is 48.5 Å². The summed E-state index contributed by atoms with van der Waals surface area (Å²) in [7, 11) is 0. The van der Waals surface area contributed by atoms with Crippen LogP contribution in [0.5, 0.6) is 0 Å². The summed E-state index contributed by atoms with van der Waals surface area (Å²) in [5.74, 6) is -0.678. The van der Waals surface area contributed by atoms with Crippen molar-refractivity contribution in [3.05, 3.63) is 59.7 Å². The van der Waals surface area contributed by atoms with E-state index in [1.807, 2.05) is 0 Å². The van der Waals surface area contributed by atoms with Crippen molar-refractivity contribution in [3.8, 4) is 0 Å². The molecular weight excluding hydrogens is 604 g/mol. The van der Waals surface area contributed by atoms with Crippen molar-refractivity contribution in [2.75, 3.05) is 23.8 Å². The van der Waals surface area contributed by atoms with Crippen LogP contribution in [-0.4, -0.2) is 37.0 Å². The van der Waals surface area contributed by atoms with Crippen LogP contribution >= 0.6 is 0 Å². The molecular formula is C40H60N2O6. The summed E-state index contributed by atoms with van der Waals surface area (Å²) in [5, 5.41) is 5.81. The van der Waals surface area contributed by atoms with Gasteiger partial charge in [-0.1, -0.05) is 104 Å². The van der Waals surface area contributed by atoms with Gasteiger partial charge in [0.2, 0.25) is 11.8 Å². The lowest BCUT2D eigenvalue weighted by atomic mass is 10.1. The van der Waals surface area contributed by atoms with Gasteiger partial charge in [-0.2, -0.15) is 0 Å². The molecule has 2 N–H and O–H groups in total. The topological polar surface area (TPSA) is 111 Å². The first-order valence-corrected chi connectivity index (χ1v) is 18.6. The van der Waals surface area contributed by atoms with Gasteiger partial charge < -0.3 is 20.1 Å². The van der Waals surface area contributed by atoms with Crippen LogP contribution in [0.2, 0.25) is 0 Å². The van der Waals surface area contributed by atoms with Gasteiger partial charge in [0.25, 0.3) is 0 Å². The molecule has 8 nitrogen and oxygen atoms in total. The summed E-state index contributed by atoms with van der Waals surface area (Å²) in [6.45, 7) is 5.23. The Balaban J connectivity index is 1.45. The fraction of sp³-hybridized carbons (Fsp3) is 0.600. The van der Waals surface area contributed by atoms with Gasteiger partial charge in [-0.15, -0.1) is 0 Å². The van der Waals surface area contributed by atoms with Crippen LogP contribution in [0.25, 0.3) is 0 Å². The lowest BCUT2D eigenvalue weighted by Crippen LogP contribution is -2.11. The van der Waals surface area contributed by atoms with Gasteiger partial charge in [0, 0.05) is 24.2 Å². The largest absolute Gasteiger partial charge is 0.462 e. The summed E-state index contributed by atoms with van der Waals surface area (Å²) < 4.78 is 10.7. The maximum Gasteiger partial charge on any atom is 0.338 e. The first-order chi connectivity index (χ1) is 23.4. The van der Waals surface area contributed by atoms with Gasteiger partial charge in [-0.05, 0) is 74.2 Å². The van der Waals surface area contributed by atoms with Gasteiger partial charge in [-0.25, -0.2) is 9.59 Å². The van der Waals surface area contributed by atoms with E-state index in [2.05, 4.69) is 24.5 Å². The minimum absolute atomic E-state index is 0.0161. The zero-order valence-electron chi connectivity index (χ0n) is 29.6. The van der Waals surface area contributed by atoms with E-state index < -0.39 is 0 Å². The Labute approximate surface area is 289 Å². The predicted molar refractivity (Wildman–Crippen MR) is 194 cm³/mol. The number of esters is 2. The Morgan fingerprint density at radius 2 is 0.750 bits per heavy atom. The van der Waals surface area contributed by atoms with Gasteiger partial charge in [0.05, 0.1) is 24.3 Å². The summed E-state index contributed by atoms with van der Waals surface area (Å²) >= 11 is 0. The second kappa shape index (κ2) is 26.3. The van der Waals surface area contributed by atoms with Crippen LogP contribution in [0, 0.1) is 0 Å². The zero-order valence-corrected chi connectivity index (χ0v) is 29.6. The average Bonchev–Trinajstić information content (AvgIpc) is 3.09. The van der Waals surface area contributed by atoms with Crippen molar-refractivity contribution in [2.45, 2.75) is 142 Å². The molecule has 0 fully saturated rings. The van der Waals surface area contributed by atoms with Crippen molar-refractivity contribution in [1.82, 2.24) is 0 Å². The smallest absolute Gasteiger partial charge is 0.338 e. The molecule has 48 heavy (non-hydrogen) atoms. The number of benzene rings is 2. The van der Waals surface area contributed by atoms with Crippen LogP contribution in [0.4, 0.5) is 11.4 Å². The normalized spacial score (nSPS) is 10.8. The predicted octanol–water partition coefficient (Wildman–Crippen LogP) is 10.4. The zero-order chi connectivity index (χ0) is 34.7. The molecule has 0 radical (unpaired) electrons. The number of carbonyl (C=O) groups excluding carboxylic acids is 4. The Hall–Kier alpha value is -3.68. The Morgan fingerprint density at radius 3 is 1.10 bits per heavy atom. The number of ether oxygens (including phenoxy) is 2. The molecule has 0 saturated heterocycles. The molecule has 266 valence electrons. The Bertz CT molecular complexity index is 1090. The number of unbranched alkanes of at least 4 members (excludes halogenated alkanes) is 15. The quantitative estimate of drug-likeness (QED) is 0.0726. The monoisotopic (exact) mass is 664 g/mol. The fourth-order valence-electron chi connectivity index (χ4n) is 5.37. The second-order valence-corrected chi connectivity index (χ2v) is 12.7. The highest BCUT2D eigenvalue weighted by Gasteiger charge is 2.10. The number of anilines is 2. The standard InChI is InChI=1S/C40H60N2O6/c1-3-5-7-15-19-31-47-39(45)33-23-27-35(28-24-33)41-37(43)21-17-13-11-9-10-12-14-18-22-38(44)42-36-29-25-34(26-30-36)40(46)48-32-20-16-8-6-4-2/h23-30H,3-22,31-32H2,1-2H3,(H,41,43)(H,42,44). The highest BCUT2D eigenvalue weighted by Crippen LogP contribution is 2.16. The van der Waals surface area contributed by atoms with Crippen LogP contribution < -0.4 is 10.6 Å². The van der Waals surface area contributed by atoms with Crippen LogP contribution in [0.1, 0.15) is 163 Å². The third kappa shape index (κ3) is 19.2. The third-order valence-electron chi connectivity index (χ3n) is 8.33. The maximum absolute atomic E-state index is 12.3. The first-order valence-electron chi connectivity index (χ1n) is 18.6. The molecule has 0 heterocycles. The van der Waals surface area contributed by atoms with Crippen molar-refractivity contribution >= 4 is 35.1 Å². The van der Waals surface area contributed by atoms with E-state index in [1.165, 1.54) is 38.5 Å². The van der Waals surface area contributed by atoms with E-state index >= 15 is 0 Å². The summed E-state index contributed by atoms with van der Waals surface area (Å²) in [6.07, 6.45) is 20.2. The minimum Gasteiger partial charge on any atom is -0.462 e. The number of hydrogen-bond donors (Lipinski definition) is 2. The molecule has 0 aliphatic heterocycles. The molecule has 0 spiro atoms. The number of rotatable bonds is 27. The van der Waals surface area contributed by atoms with Gasteiger partial charge in [0.15, 0.2) is 0 Å². The van der Waals surface area contributed by atoms with Crippen molar-refractivity contribution in [1.29, 1.82) is 0 Å². The molecule has 0 aliphatic rings. The molecule has 0 aliphatic carbocycles. The van der Waals surface area contributed by atoms with Crippen molar-refractivity contribution < 1.29 is 28.7 Å². The van der Waals surface area contributed by atoms with Gasteiger partial charge >= 0.3 is 11.9 Å². The summed E-state index contributed by atoms with van der Waals surface area (Å²) in [5.41, 5.74) is 2.36. The second-order valence-electron chi connectivity index (χ2n) is 12.7. The van der Waals surface area contributed by atoms with Crippen LogP contribution in [-0.2, 0) is 19.1 Å². The summed E-state index contributed by atoms with van der Waals surface area (Å²) in [4.78, 5) is 49.0. The third-order valence-corrected chi connectivity index (χ3v) is 8.33. The lowest BCUT2D eigenvalue weighted by Gasteiger charge is -2.08. The van der Waals surface area contributed by atoms with E-state index in [0.29, 0.717) is 48.6 Å². The van der Waals surface area contributed by atoms with E-state index in [9.17, 15) is 19.2 Å². The molecule has 0 bridgehead atoms. The van der Waals surface area contributed by atoms with Gasteiger partial charge in [0.1, 0.15) is 0 Å². The Kier molecular flexibility index (Phi) is 22.2. The van der Waals surface area contributed by atoms with Crippen molar-refractivity contribution in [2.24, 2.45) is 0 Å². The molecule has 0 saturated carbocycles. The number of hydrogen-bond acceptors (Lipinski definition) is 6. The molecule has 2 rings (SSSR count). The van der Waals surface area contributed by atoms with E-state index in [1.54, 1.807) is 48.5 Å². The molecule has 2 amide bonds. The maximum atomic E-state index is 12.3. The van der Waals surface area contributed by atoms with E-state index in [4.69, 9.17) is 9.47 Å². The highest BCUT2D eigenvalue weighted by atomic mass is 16.5. The molecule has 8 heteroatoms. The number of carbonyl (C=O) groups is 4. The SMILES string of the molecule is CCCCCCCOC(=O)c1ccc(NC(=O)CCCCCCCCCCC(=O)Nc2ccc(C(=O)OCCCCCCC)cc2)cc1. The van der Waals surface area contributed by atoms with E-state index in [-0.39, 0.29) is 23.8 Å². The van der Waals surface area contributed by atoms with Crippen molar-refractivity contribution in [3.63, 3.8) is 0 Å². The highest BCUT2D eigenvalue weighted by molar-refractivity contribution is 5.94. The minimum atomic E-state index is -0.323. The number of amides is 2. The number of nitrogens with one attached hydrogen (secondary N) is 2. The lowest BCUT2D eigenvalue weighted by molar-refractivity contribution is -0.117. The fourth-order valence-corrected chi connectivity index (χ4v) is 5.37. The average molecular weight is 665 g/mol. The molecule has 2 aromatic rings. The first kappa shape index (κ1) is 40.5.